The van der Waals surface area contributed by atoms with Gasteiger partial charge in [-0.2, -0.15) is 0 Å². The quantitative estimate of drug-likeness (QED) is 0.902. The van der Waals surface area contributed by atoms with Crippen LogP contribution in [0.25, 0.3) is 0 Å². The predicted octanol–water partition coefficient (Wildman–Crippen LogP) is 2.97. The van der Waals surface area contributed by atoms with E-state index in [9.17, 15) is 9.59 Å². The van der Waals surface area contributed by atoms with Gasteiger partial charge in [-0.1, -0.05) is 23.7 Å². The number of ether oxygens (including phenoxy) is 2. The minimum atomic E-state index is -1.09. The molecule has 0 aromatic heterocycles. The zero-order valence-electron chi connectivity index (χ0n) is 14.0. The molecule has 1 fully saturated rings. The van der Waals surface area contributed by atoms with Gasteiger partial charge in [0, 0.05) is 5.02 Å². The summed E-state index contributed by atoms with van der Waals surface area (Å²) in [4.78, 5) is 25.1. The first kappa shape index (κ1) is 18.5. The van der Waals surface area contributed by atoms with Gasteiger partial charge in [0.25, 0.3) is 0 Å². The van der Waals surface area contributed by atoms with Crippen molar-refractivity contribution >= 4 is 23.7 Å². The first-order valence-corrected chi connectivity index (χ1v) is 8.12. The molecule has 0 radical (unpaired) electrons. The maximum atomic E-state index is 12.5. The van der Waals surface area contributed by atoms with Crippen LogP contribution in [0.3, 0.4) is 0 Å². The summed E-state index contributed by atoms with van der Waals surface area (Å²) in [6, 6.07) is 7.01. The number of carboxylic acid groups (broad SMARTS) is 1. The molecule has 1 heterocycles. The zero-order chi connectivity index (χ0) is 17.9. The van der Waals surface area contributed by atoms with Crippen LogP contribution in [0, 0.1) is 0 Å². The highest BCUT2D eigenvalue weighted by molar-refractivity contribution is 6.30. The maximum Gasteiger partial charge on any atom is 0.410 e. The molecule has 1 aromatic rings. The number of halogens is 1. The van der Waals surface area contributed by atoms with Gasteiger partial charge in [-0.15, -0.1) is 0 Å². The molecule has 1 aliphatic heterocycles. The van der Waals surface area contributed by atoms with Crippen LogP contribution in [-0.4, -0.2) is 53.0 Å². The molecule has 2 atom stereocenters. The number of rotatable bonds is 3. The fraction of sp³-hybridized carbons (Fsp3) is 0.529. The first-order chi connectivity index (χ1) is 11.2. The Balaban J connectivity index is 2.15. The number of morpholine rings is 1. The molecule has 2 unspecified atom stereocenters. The highest BCUT2D eigenvalue weighted by atomic mass is 35.5. The van der Waals surface area contributed by atoms with Gasteiger partial charge >= 0.3 is 12.1 Å². The van der Waals surface area contributed by atoms with Crippen molar-refractivity contribution in [3.8, 4) is 0 Å². The van der Waals surface area contributed by atoms with E-state index in [0.29, 0.717) is 11.4 Å². The van der Waals surface area contributed by atoms with Crippen LogP contribution in [0.1, 0.15) is 26.3 Å². The molecule has 0 spiro atoms. The van der Waals surface area contributed by atoms with Crippen molar-refractivity contribution in [2.24, 2.45) is 0 Å². The van der Waals surface area contributed by atoms with E-state index in [1.54, 1.807) is 32.9 Å². The fourth-order valence-electron chi connectivity index (χ4n) is 2.45. The third kappa shape index (κ3) is 5.11. The second-order valence-corrected chi connectivity index (χ2v) is 7.21. The van der Waals surface area contributed by atoms with E-state index in [4.69, 9.17) is 26.2 Å². The van der Waals surface area contributed by atoms with E-state index in [2.05, 4.69) is 0 Å². The van der Waals surface area contributed by atoms with Crippen LogP contribution >= 0.6 is 11.6 Å². The van der Waals surface area contributed by atoms with Crippen LogP contribution < -0.4 is 0 Å². The van der Waals surface area contributed by atoms with Crippen LogP contribution in [0.4, 0.5) is 4.79 Å². The largest absolute Gasteiger partial charge is 0.479 e. The molecular formula is C17H22ClNO5. The summed E-state index contributed by atoms with van der Waals surface area (Å²) >= 11 is 5.89. The van der Waals surface area contributed by atoms with Crippen molar-refractivity contribution in [3.05, 3.63) is 34.9 Å². The zero-order valence-corrected chi connectivity index (χ0v) is 14.7. The van der Waals surface area contributed by atoms with Crippen molar-refractivity contribution < 1.29 is 24.2 Å². The Bertz CT molecular complexity index is 596. The Kier molecular flexibility index (Phi) is 5.72. The average molecular weight is 356 g/mol. The lowest BCUT2D eigenvalue weighted by Gasteiger charge is -2.39. The van der Waals surface area contributed by atoms with Gasteiger partial charge in [-0.25, -0.2) is 9.59 Å². The summed E-state index contributed by atoms with van der Waals surface area (Å²) < 4.78 is 10.8. The summed E-state index contributed by atoms with van der Waals surface area (Å²) in [5, 5.41) is 9.79. The highest BCUT2D eigenvalue weighted by Gasteiger charge is 2.37. The average Bonchev–Trinajstić information content (AvgIpc) is 2.48. The molecule has 0 aliphatic carbocycles. The van der Waals surface area contributed by atoms with E-state index in [1.807, 2.05) is 12.1 Å². The van der Waals surface area contributed by atoms with Crippen molar-refractivity contribution in [2.75, 3.05) is 13.2 Å². The number of carbonyl (C=O) groups is 2. The number of carboxylic acids is 1. The summed E-state index contributed by atoms with van der Waals surface area (Å²) in [6.45, 7) is 5.41. The molecular weight excluding hydrogens is 334 g/mol. The molecule has 0 saturated carbocycles. The minimum absolute atomic E-state index is 0.0392. The lowest BCUT2D eigenvalue weighted by molar-refractivity contribution is -0.158. The molecule has 2 rings (SSSR count). The molecule has 1 aliphatic rings. The minimum Gasteiger partial charge on any atom is -0.479 e. The van der Waals surface area contributed by atoms with Crippen LogP contribution in [0.5, 0.6) is 0 Å². The van der Waals surface area contributed by atoms with Crippen molar-refractivity contribution in [1.29, 1.82) is 0 Å². The Hall–Kier alpha value is -1.79. The molecule has 132 valence electrons. The first-order valence-electron chi connectivity index (χ1n) is 7.74. The number of hydrogen-bond acceptors (Lipinski definition) is 4. The van der Waals surface area contributed by atoms with Crippen molar-refractivity contribution in [1.82, 2.24) is 4.90 Å². The smallest absolute Gasteiger partial charge is 0.410 e. The third-order valence-corrected chi connectivity index (χ3v) is 3.83. The van der Waals surface area contributed by atoms with E-state index < -0.39 is 23.8 Å². The number of carbonyl (C=O) groups excluding carboxylic acids is 1. The number of amides is 1. The van der Waals surface area contributed by atoms with Crippen LogP contribution in [-0.2, 0) is 20.7 Å². The Morgan fingerprint density at radius 1 is 1.33 bits per heavy atom. The standard InChI is InChI=1S/C17H22ClNO5/c1-17(2,3)24-16(22)19-9-14(15(20)21)23-10-13(19)8-11-4-6-12(18)7-5-11/h4-7,13-14H,8-10H2,1-3H3,(H,20,21). The van der Waals surface area contributed by atoms with E-state index in [1.165, 1.54) is 4.90 Å². The molecule has 7 heteroatoms. The summed E-state index contributed by atoms with van der Waals surface area (Å²) in [5.41, 5.74) is 0.328. The van der Waals surface area contributed by atoms with E-state index in [-0.39, 0.29) is 19.2 Å². The molecule has 6 nitrogen and oxygen atoms in total. The van der Waals surface area contributed by atoms with Gasteiger partial charge in [0.1, 0.15) is 5.60 Å². The van der Waals surface area contributed by atoms with E-state index in [0.717, 1.165) is 5.56 Å². The second kappa shape index (κ2) is 7.40. The number of aliphatic carboxylic acids is 1. The molecule has 1 aromatic carbocycles. The lowest BCUT2D eigenvalue weighted by atomic mass is 10.0. The van der Waals surface area contributed by atoms with Crippen LogP contribution in [0.15, 0.2) is 24.3 Å². The van der Waals surface area contributed by atoms with Gasteiger partial charge in [0.15, 0.2) is 6.10 Å². The third-order valence-electron chi connectivity index (χ3n) is 3.58. The molecule has 0 bridgehead atoms. The SMILES string of the molecule is CC(C)(C)OC(=O)N1CC(C(=O)O)OCC1Cc1ccc(Cl)cc1. The van der Waals surface area contributed by atoms with E-state index >= 15 is 0 Å². The van der Waals surface area contributed by atoms with Crippen molar-refractivity contribution in [3.63, 3.8) is 0 Å². The van der Waals surface area contributed by atoms with Gasteiger partial charge in [-0.3, -0.25) is 4.90 Å². The Labute approximate surface area is 146 Å². The van der Waals surface area contributed by atoms with Crippen molar-refractivity contribution in [2.45, 2.75) is 44.9 Å². The molecule has 1 N–H and O–H groups in total. The van der Waals surface area contributed by atoms with Gasteiger partial charge in [0.05, 0.1) is 19.2 Å². The number of hydrogen-bond donors (Lipinski definition) is 1. The summed E-state index contributed by atoms with van der Waals surface area (Å²) in [6.07, 6.45) is -1.04. The molecule has 24 heavy (non-hydrogen) atoms. The van der Waals surface area contributed by atoms with Crippen LogP contribution in [0.2, 0.25) is 5.02 Å². The highest BCUT2D eigenvalue weighted by Crippen LogP contribution is 2.21. The number of benzene rings is 1. The molecule has 1 amide bonds. The normalized spacial score (nSPS) is 21.4. The number of nitrogens with zero attached hydrogens (tertiary/aromatic N) is 1. The Morgan fingerprint density at radius 3 is 2.50 bits per heavy atom. The van der Waals surface area contributed by atoms with Gasteiger partial charge in [0.2, 0.25) is 0 Å². The second-order valence-electron chi connectivity index (χ2n) is 6.78. The topological polar surface area (TPSA) is 76.1 Å². The Morgan fingerprint density at radius 2 is 1.96 bits per heavy atom. The summed E-state index contributed by atoms with van der Waals surface area (Å²) in [7, 11) is 0. The summed E-state index contributed by atoms with van der Waals surface area (Å²) in [5.74, 6) is -1.09. The van der Waals surface area contributed by atoms with Gasteiger partial charge in [-0.05, 0) is 44.9 Å². The molecule has 1 saturated heterocycles. The predicted molar refractivity (Wildman–Crippen MR) is 89.3 cm³/mol. The fourth-order valence-corrected chi connectivity index (χ4v) is 2.58. The lowest BCUT2D eigenvalue weighted by Crippen LogP contribution is -2.56. The van der Waals surface area contributed by atoms with Gasteiger partial charge < -0.3 is 14.6 Å². The monoisotopic (exact) mass is 355 g/mol. The maximum absolute atomic E-state index is 12.5.